The number of amides is 1. The Kier molecular flexibility index (Phi) is 4.33. The van der Waals surface area contributed by atoms with Gasteiger partial charge in [0.15, 0.2) is 0 Å². The van der Waals surface area contributed by atoms with Gasteiger partial charge in [-0.3, -0.25) is 4.79 Å². The van der Waals surface area contributed by atoms with Crippen LogP contribution in [0.2, 0.25) is 0 Å². The molecule has 24 heavy (non-hydrogen) atoms. The molecule has 1 fully saturated rings. The van der Waals surface area contributed by atoms with E-state index in [4.69, 9.17) is 14.9 Å². The summed E-state index contributed by atoms with van der Waals surface area (Å²) in [5, 5.41) is 8.04. The first-order valence-electron chi connectivity index (χ1n) is 7.58. The summed E-state index contributed by atoms with van der Waals surface area (Å²) in [6.07, 6.45) is -0.639. The molecule has 2 aromatic rings. The van der Waals surface area contributed by atoms with Gasteiger partial charge in [0.1, 0.15) is 11.9 Å². The van der Waals surface area contributed by atoms with E-state index in [-0.39, 0.29) is 24.2 Å². The molecule has 1 aromatic carbocycles. The van der Waals surface area contributed by atoms with Gasteiger partial charge in [0.2, 0.25) is 11.8 Å². The molecule has 1 saturated heterocycles. The monoisotopic (exact) mass is 334 g/mol. The highest BCUT2D eigenvalue weighted by molar-refractivity contribution is 5.82. The number of halogens is 1. The molecule has 1 aliphatic rings. The second-order valence-corrected chi connectivity index (χ2v) is 6.14. The maximum Gasteiger partial charge on any atom is 0.253 e. The zero-order chi connectivity index (χ0) is 17.3. The Hall–Kier alpha value is -2.32. The minimum Gasteiger partial charge on any atom is -0.420 e. The number of aromatic nitrogens is 2. The van der Waals surface area contributed by atoms with Crippen molar-refractivity contribution in [3.8, 4) is 11.5 Å². The van der Waals surface area contributed by atoms with Crippen molar-refractivity contribution in [1.82, 2.24) is 15.1 Å². The Balaban J connectivity index is 1.72. The maximum atomic E-state index is 13.3. The van der Waals surface area contributed by atoms with Gasteiger partial charge in [-0.15, -0.1) is 10.2 Å². The number of nitrogens with two attached hydrogens (primary N) is 1. The van der Waals surface area contributed by atoms with E-state index in [2.05, 4.69) is 10.2 Å². The average Bonchev–Trinajstić information content (AvgIpc) is 3.03. The predicted octanol–water partition coefficient (Wildman–Crippen LogP) is 0.949. The minimum atomic E-state index is -0.639. The van der Waals surface area contributed by atoms with E-state index in [0.29, 0.717) is 24.5 Å². The molecule has 1 amide bonds. The number of methoxy groups -OCH3 is 1. The number of nitrogens with zero attached hydrogens (tertiary/aromatic N) is 3. The first kappa shape index (κ1) is 16.5. The number of benzene rings is 1. The number of hydrogen-bond acceptors (Lipinski definition) is 6. The molecule has 2 N–H and O–H groups in total. The zero-order valence-corrected chi connectivity index (χ0v) is 13.5. The van der Waals surface area contributed by atoms with Crippen LogP contribution < -0.4 is 5.73 Å². The standard InChI is InChI=1S/C16H19FN4O3/c1-16(8-21(9-16)14(22)12(7-18)23-2)15-20-19-13(24-15)10-4-3-5-11(17)6-10/h3-6,12H,7-9,18H2,1-2H3. The molecule has 8 heteroatoms. The number of likely N-dealkylation sites (tertiary alicyclic amines) is 1. The highest BCUT2D eigenvalue weighted by Gasteiger charge is 2.47. The summed E-state index contributed by atoms with van der Waals surface area (Å²) in [7, 11) is 1.46. The van der Waals surface area contributed by atoms with Crippen molar-refractivity contribution in [1.29, 1.82) is 0 Å². The van der Waals surface area contributed by atoms with Crippen LogP contribution in [0.25, 0.3) is 11.5 Å². The lowest BCUT2D eigenvalue weighted by Crippen LogP contribution is -2.62. The topological polar surface area (TPSA) is 94.5 Å². The third-order valence-corrected chi connectivity index (χ3v) is 4.18. The Morgan fingerprint density at radius 1 is 1.50 bits per heavy atom. The van der Waals surface area contributed by atoms with Crippen molar-refractivity contribution < 1.29 is 18.3 Å². The van der Waals surface area contributed by atoms with Gasteiger partial charge in [-0.25, -0.2) is 4.39 Å². The van der Waals surface area contributed by atoms with Crippen molar-refractivity contribution >= 4 is 5.91 Å². The summed E-state index contributed by atoms with van der Waals surface area (Å²) in [6, 6.07) is 5.96. The molecule has 1 atom stereocenters. The molecular weight excluding hydrogens is 315 g/mol. The second-order valence-electron chi connectivity index (χ2n) is 6.14. The normalized spacial score (nSPS) is 17.4. The average molecular weight is 334 g/mol. The van der Waals surface area contributed by atoms with E-state index < -0.39 is 11.5 Å². The molecule has 1 aliphatic heterocycles. The van der Waals surface area contributed by atoms with E-state index >= 15 is 0 Å². The predicted molar refractivity (Wildman–Crippen MR) is 83.5 cm³/mol. The zero-order valence-electron chi connectivity index (χ0n) is 13.5. The fourth-order valence-corrected chi connectivity index (χ4v) is 2.79. The molecule has 0 radical (unpaired) electrons. The van der Waals surface area contributed by atoms with E-state index in [9.17, 15) is 9.18 Å². The number of carbonyl (C=O) groups is 1. The highest BCUT2D eigenvalue weighted by Crippen LogP contribution is 2.35. The van der Waals surface area contributed by atoms with Gasteiger partial charge >= 0.3 is 0 Å². The summed E-state index contributed by atoms with van der Waals surface area (Å²) in [5.41, 5.74) is 5.61. The van der Waals surface area contributed by atoms with Crippen LogP contribution in [0.5, 0.6) is 0 Å². The van der Waals surface area contributed by atoms with E-state index in [1.54, 1.807) is 17.0 Å². The Labute approximate surface area is 138 Å². The molecule has 2 heterocycles. The summed E-state index contributed by atoms with van der Waals surface area (Å²) >= 11 is 0. The van der Waals surface area contributed by atoms with Gasteiger partial charge in [0, 0.05) is 32.3 Å². The van der Waals surface area contributed by atoms with Crippen LogP contribution in [0.15, 0.2) is 28.7 Å². The summed E-state index contributed by atoms with van der Waals surface area (Å²) < 4.78 is 24.0. The molecule has 3 rings (SSSR count). The van der Waals surface area contributed by atoms with E-state index in [0.717, 1.165) is 0 Å². The lowest BCUT2D eigenvalue weighted by Gasteiger charge is -2.46. The van der Waals surface area contributed by atoms with Gasteiger partial charge in [0.25, 0.3) is 5.91 Å². The fourth-order valence-electron chi connectivity index (χ4n) is 2.79. The first-order valence-corrected chi connectivity index (χ1v) is 7.58. The largest absolute Gasteiger partial charge is 0.420 e. The summed E-state index contributed by atoms with van der Waals surface area (Å²) in [6.45, 7) is 2.95. The molecule has 128 valence electrons. The summed E-state index contributed by atoms with van der Waals surface area (Å²) in [5.74, 6) is 0.161. The molecule has 0 aliphatic carbocycles. The van der Waals surface area contributed by atoms with Crippen LogP contribution in [0.1, 0.15) is 12.8 Å². The SMILES string of the molecule is COC(CN)C(=O)N1CC(C)(c2nnc(-c3cccc(F)c3)o2)C1. The number of ether oxygens (including phenoxy) is 1. The minimum absolute atomic E-state index is 0.132. The van der Waals surface area contributed by atoms with Crippen LogP contribution in [0.4, 0.5) is 4.39 Å². The Morgan fingerprint density at radius 2 is 2.25 bits per heavy atom. The number of rotatable bonds is 5. The van der Waals surface area contributed by atoms with Gasteiger partial charge in [-0.2, -0.15) is 0 Å². The molecule has 0 bridgehead atoms. The molecule has 1 unspecified atom stereocenters. The molecular formula is C16H19FN4O3. The number of carbonyl (C=O) groups excluding carboxylic acids is 1. The van der Waals surface area contributed by atoms with Crippen molar-refractivity contribution in [2.45, 2.75) is 18.4 Å². The Bertz CT molecular complexity index is 738. The van der Waals surface area contributed by atoms with Crippen molar-refractivity contribution in [2.75, 3.05) is 26.7 Å². The van der Waals surface area contributed by atoms with Crippen LogP contribution in [-0.4, -0.2) is 53.9 Å². The van der Waals surface area contributed by atoms with Gasteiger partial charge in [-0.1, -0.05) is 6.07 Å². The van der Waals surface area contributed by atoms with E-state index in [1.165, 1.54) is 19.2 Å². The fraction of sp³-hybridized carbons (Fsp3) is 0.438. The van der Waals surface area contributed by atoms with Crippen LogP contribution in [0, 0.1) is 5.82 Å². The number of hydrogen-bond donors (Lipinski definition) is 1. The van der Waals surface area contributed by atoms with Crippen LogP contribution in [0.3, 0.4) is 0 Å². The first-order chi connectivity index (χ1) is 11.5. The molecule has 1 aromatic heterocycles. The van der Waals surface area contributed by atoms with Crippen LogP contribution >= 0.6 is 0 Å². The lowest BCUT2D eigenvalue weighted by atomic mass is 9.81. The third-order valence-electron chi connectivity index (χ3n) is 4.18. The van der Waals surface area contributed by atoms with Crippen molar-refractivity contribution in [3.05, 3.63) is 36.0 Å². The molecule has 0 saturated carbocycles. The Morgan fingerprint density at radius 3 is 2.88 bits per heavy atom. The van der Waals surface area contributed by atoms with Crippen LogP contribution in [-0.2, 0) is 14.9 Å². The highest BCUT2D eigenvalue weighted by atomic mass is 19.1. The van der Waals surface area contributed by atoms with E-state index in [1.807, 2.05) is 6.92 Å². The molecule has 0 spiro atoms. The van der Waals surface area contributed by atoms with Gasteiger partial charge < -0.3 is 19.8 Å². The van der Waals surface area contributed by atoms with Gasteiger partial charge in [0.05, 0.1) is 5.41 Å². The maximum absolute atomic E-state index is 13.3. The van der Waals surface area contributed by atoms with Crippen molar-refractivity contribution in [2.24, 2.45) is 5.73 Å². The summed E-state index contributed by atoms with van der Waals surface area (Å²) in [4.78, 5) is 13.8. The second kappa shape index (κ2) is 6.29. The quantitative estimate of drug-likeness (QED) is 0.875. The van der Waals surface area contributed by atoms with Crippen molar-refractivity contribution in [3.63, 3.8) is 0 Å². The lowest BCUT2D eigenvalue weighted by molar-refractivity contribution is -0.149. The smallest absolute Gasteiger partial charge is 0.253 e. The molecule has 7 nitrogen and oxygen atoms in total. The van der Waals surface area contributed by atoms with Gasteiger partial charge in [-0.05, 0) is 25.1 Å². The third kappa shape index (κ3) is 2.90.